The van der Waals surface area contributed by atoms with Crippen molar-refractivity contribution in [2.75, 3.05) is 5.73 Å². The molecule has 2 rings (SSSR count). The summed E-state index contributed by atoms with van der Waals surface area (Å²) in [4.78, 5) is 15.8. The zero-order chi connectivity index (χ0) is 11.7. The second kappa shape index (κ2) is 4.09. The number of aromatic nitrogens is 1. The number of fused-ring (bicyclic) bond motifs is 1. The third kappa shape index (κ3) is 2.14. The van der Waals surface area contributed by atoms with Gasteiger partial charge in [0.25, 0.3) is 0 Å². The van der Waals surface area contributed by atoms with Crippen LogP contribution < -0.4 is 5.73 Å². The van der Waals surface area contributed by atoms with Gasteiger partial charge in [0.2, 0.25) is 0 Å². The molecule has 0 unspecified atom stereocenters. The summed E-state index contributed by atoms with van der Waals surface area (Å²) < 4.78 is 6.00. The molecular weight excluding hydrogens is 224 g/mol. The topological polar surface area (TPSA) is 65.2 Å². The second-order valence-corrected chi connectivity index (χ2v) is 4.75. The van der Waals surface area contributed by atoms with Gasteiger partial charge in [0.05, 0.1) is 21.9 Å². The first-order valence-corrected chi connectivity index (χ1v) is 5.75. The molecule has 0 spiro atoms. The number of esters is 1. The van der Waals surface area contributed by atoms with Gasteiger partial charge in [-0.25, -0.2) is 9.78 Å². The molecular formula is C11H12N2O2S. The number of ether oxygens (including phenoxy) is 1. The van der Waals surface area contributed by atoms with Crippen LogP contribution >= 0.6 is 11.3 Å². The average molecular weight is 236 g/mol. The summed E-state index contributed by atoms with van der Waals surface area (Å²) >= 11 is 1.36. The summed E-state index contributed by atoms with van der Waals surface area (Å²) in [7, 11) is 0. The van der Waals surface area contributed by atoms with E-state index in [0.29, 0.717) is 10.7 Å². The van der Waals surface area contributed by atoms with Crippen LogP contribution in [0.3, 0.4) is 0 Å². The molecule has 0 amide bonds. The van der Waals surface area contributed by atoms with Crippen molar-refractivity contribution in [1.29, 1.82) is 0 Å². The van der Waals surface area contributed by atoms with E-state index in [1.165, 1.54) is 11.3 Å². The summed E-state index contributed by atoms with van der Waals surface area (Å²) in [6.45, 7) is 3.64. The Bertz CT molecular complexity index is 534. The van der Waals surface area contributed by atoms with Gasteiger partial charge in [0, 0.05) is 0 Å². The van der Waals surface area contributed by atoms with E-state index in [-0.39, 0.29) is 12.1 Å². The largest absolute Gasteiger partial charge is 0.459 e. The smallest absolute Gasteiger partial charge is 0.338 e. The Balaban J connectivity index is 2.35. The van der Waals surface area contributed by atoms with E-state index >= 15 is 0 Å². The first kappa shape index (κ1) is 10.9. The minimum Gasteiger partial charge on any atom is -0.459 e. The van der Waals surface area contributed by atoms with Crippen LogP contribution in [-0.4, -0.2) is 17.1 Å². The standard InChI is InChI=1S/C11H12N2O2S/c1-6(2)15-10(14)7-3-4-8-9(5-7)16-11(12)13-8/h3-6H,1-2H3,(H2,12,13). The number of hydrogen-bond acceptors (Lipinski definition) is 5. The molecule has 0 saturated heterocycles. The van der Waals surface area contributed by atoms with Crippen molar-refractivity contribution in [3.8, 4) is 0 Å². The molecule has 4 nitrogen and oxygen atoms in total. The molecule has 2 N–H and O–H groups in total. The number of carbonyl (C=O) groups excluding carboxylic acids is 1. The number of nitrogens with two attached hydrogens (primary N) is 1. The molecule has 0 fully saturated rings. The third-order valence-electron chi connectivity index (χ3n) is 1.98. The van der Waals surface area contributed by atoms with Crippen molar-refractivity contribution < 1.29 is 9.53 Å². The van der Waals surface area contributed by atoms with E-state index < -0.39 is 0 Å². The predicted octanol–water partition coefficient (Wildman–Crippen LogP) is 2.44. The van der Waals surface area contributed by atoms with Crippen LogP contribution in [0.4, 0.5) is 5.13 Å². The lowest BCUT2D eigenvalue weighted by Gasteiger charge is -2.07. The molecule has 84 valence electrons. The molecule has 0 aliphatic carbocycles. The Morgan fingerprint density at radius 1 is 1.50 bits per heavy atom. The van der Waals surface area contributed by atoms with Crippen LogP contribution in [0.5, 0.6) is 0 Å². The van der Waals surface area contributed by atoms with E-state index in [2.05, 4.69) is 4.98 Å². The Labute approximate surface area is 97.0 Å². The zero-order valence-electron chi connectivity index (χ0n) is 9.06. The van der Waals surface area contributed by atoms with Gasteiger partial charge in [0.1, 0.15) is 0 Å². The fraction of sp³-hybridized carbons (Fsp3) is 0.273. The quantitative estimate of drug-likeness (QED) is 0.813. The van der Waals surface area contributed by atoms with Gasteiger partial charge in [-0.3, -0.25) is 0 Å². The molecule has 0 radical (unpaired) electrons. The van der Waals surface area contributed by atoms with Crippen molar-refractivity contribution in [3.05, 3.63) is 23.8 Å². The minimum atomic E-state index is -0.316. The van der Waals surface area contributed by atoms with Crippen molar-refractivity contribution in [1.82, 2.24) is 4.98 Å². The van der Waals surface area contributed by atoms with Gasteiger partial charge in [0.15, 0.2) is 5.13 Å². The maximum Gasteiger partial charge on any atom is 0.338 e. The van der Waals surface area contributed by atoms with E-state index in [1.807, 2.05) is 13.8 Å². The Hall–Kier alpha value is -1.62. The van der Waals surface area contributed by atoms with E-state index in [9.17, 15) is 4.79 Å². The minimum absolute atomic E-state index is 0.116. The maximum absolute atomic E-state index is 11.6. The highest BCUT2D eigenvalue weighted by molar-refractivity contribution is 7.22. The Morgan fingerprint density at radius 2 is 2.25 bits per heavy atom. The highest BCUT2D eigenvalue weighted by Gasteiger charge is 2.11. The summed E-state index contributed by atoms with van der Waals surface area (Å²) in [6, 6.07) is 5.24. The van der Waals surface area contributed by atoms with Crippen LogP contribution in [0.15, 0.2) is 18.2 Å². The van der Waals surface area contributed by atoms with Gasteiger partial charge in [-0.2, -0.15) is 0 Å². The zero-order valence-corrected chi connectivity index (χ0v) is 9.88. The van der Waals surface area contributed by atoms with Crippen LogP contribution in [-0.2, 0) is 4.74 Å². The predicted molar refractivity (Wildman–Crippen MR) is 64.6 cm³/mol. The fourth-order valence-electron chi connectivity index (χ4n) is 1.35. The SMILES string of the molecule is CC(C)OC(=O)c1ccc2nc(N)sc2c1. The molecule has 0 aliphatic heterocycles. The molecule has 1 heterocycles. The van der Waals surface area contributed by atoms with Crippen molar-refractivity contribution in [2.45, 2.75) is 20.0 Å². The summed E-state index contributed by atoms with van der Waals surface area (Å²) in [6.07, 6.45) is -0.116. The average Bonchev–Trinajstić information content (AvgIpc) is 2.55. The van der Waals surface area contributed by atoms with Gasteiger partial charge in [-0.05, 0) is 32.0 Å². The van der Waals surface area contributed by atoms with E-state index in [4.69, 9.17) is 10.5 Å². The summed E-state index contributed by atoms with van der Waals surface area (Å²) in [5, 5.41) is 0.504. The molecule has 1 aromatic carbocycles. The van der Waals surface area contributed by atoms with Crippen LogP contribution in [0, 0.1) is 0 Å². The molecule has 0 aliphatic rings. The monoisotopic (exact) mass is 236 g/mol. The first-order valence-electron chi connectivity index (χ1n) is 4.93. The third-order valence-corrected chi connectivity index (χ3v) is 2.83. The van der Waals surface area contributed by atoms with Gasteiger partial charge >= 0.3 is 5.97 Å². The number of nitrogens with zero attached hydrogens (tertiary/aromatic N) is 1. The number of thiazole rings is 1. The highest BCUT2D eigenvalue weighted by atomic mass is 32.1. The molecule has 2 aromatic rings. The molecule has 0 bridgehead atoms. The van der Waals surface area contributed by atoms with Crippen molar-refractivity contribution >= 4 is 32.7 Å². The van der Waals surface area contributed by atoms with Crippen molar-refractivity contribution in [3.63, 3.8) is 0 Å². The van der Waals surface area contributed by atoms with Crippen LogP contribution in [0.2, 0.25) is 0 Å². The maximum atomic E-state index is 11.6. The molecule has 5 heteroatoms. The molecule has 0 saturated carbocycles. The number of anilines is 1. The Kier molecular flexibility index (Phi) is 2.78. The summed E-state index contributed by atoms with van der Waals surface area (Å²) in [5.41, 5.74) is 6.93. The van der Waals surface area contributed by atoms with Gasteiger partial charge in [-0.1, -0.05) is 11.3 Å². The molecule has 16 heavy (non-hydrogen) atoms. The van der Waals surface area contributed by atoms with Crippen LogP contribution in [0.1, 0.15) is 24.2 Å². The normalized spacial score (nSPS) is 10.9. The van der Waals surface area contributed by atoms with Gasteiger partial charge in [-0.15, -0.1) is 0 Å². The lowest BCUT2D eigenvalue weighted by Crippen LogP contribution is -2.11. The number of nitrogen functional groups attached to an aromatic ring is 1. The highest BCUT2D eigenvalue weighted by Crippen LogP contribution is 2.24. The lowest BCUT2D eigenvalue weighted by atomic mass is 10.2. The van der Waals surface area contributed by atoms with E-state index in [0.717, 1.165) is 10.2 Å². The lowest BCUT2D eigenvalue weighted by molar-refractivity contribution is 0.0378. The molecule has 0 atom stereocenters. The molecule has 1 aromatic heterocycles. The van der Waals surface area contributed by atoms with Gasteiger partial charge < -0.3 is 10.5 Å². The fourth-order valence-corrected chi connectivity index (χ4v) is 2.12. The Morgan fingerprint density at radius 3 is 2.94 bits per heavy atom. The van der Waals surface area contributed by atoms with E-state index in [1.54, 1.807) is 18.2 Å². The summed E-state index contributed by atoms with van der Waals surface area (Å²) in [5.74, 6) is -0.316. The number of benzene rings is 1. The first-order chi connectivity index (χ1) is 7.56. The number of hydrogen-bond donors (Lipinski definition) is 1. The number of carbonyl (C=O) groups is 1. The van der Waals surface area contributed by atoms with Crippen LogP contribution in [0.25, 0.3) is 10.2 Å². The van der Waals surface area contributed by atoms with Crippen molar-refractivity contribution in [2.24, 2.45) is 0 Å². The number of rotatable bonds is 2. The second-order valence-electron chi connectivity index (χ2n) is 3.69.